The molecule has 1 fully saturated rings. The molecule has 1 aromatic carbocycles. The molecule has 0 aliphatic carbocycles. The van der Waals surface area contributed by atoms with E-state index in [0.717, 1.165) is 36.3 Å². The largest absolute Gasteiger partial charge is 0.359 e. The predicted octanol–water partition coefficient (Wildman–Crippen LogP) is 3.16. The summed E-state index contributed by atoms with van der Waals surface area (Å²) in [5.41, 5.74) is 4.05. The predicted molar refractivity (Wildman–Crippen MR) is 89.8 cm³/mol. The standard InChI is InChI=1S/C17H19N5O2/c1-11-17(12(2)20(3)19-11)15-5-4-8-21(15)14-7-6-13(10-18)9-16(14)22(23)24/h6-7,9,15H,4-5,8H2,1-3H3. The number of nitro benzene ring substituents is 1. The van der Waals surface area contributed by atoms with Crippen molar-refractivity contribution in [3.63, 3.8) is 0 Å². The Bertz CT molecular complexity index is 849. The molecular weight excluding hydrogens is 306 g/mol. The lowest BCUT2D eigenvalue weighted by Crippen LogP contribution is -2.24. The highest BCUT2D eigenvalue weighted by atomic mass is 16.6. The summed E-state index contributed by atoms with van der Waals surface area (Å²) >= 11 is 0. The molecule has 0 radical (unpaired) electrons. The van der Waals surface area contributed by atoms with Crippen LogP contribution in [0.4, 0.5) is 11.4 Å². The van der Waals surface area contributed by atoms with Crippen LogP contribution in [0.3, 0.4) is 0 Å². The van der Waals surface area contributed by atoms with E-state index in [-0.39, 0.29) is 11.7 Å². The van der Waals surface area contributed by atoms with Crippen LogP contribution in [0.25, 0.3) is 0 Å². The van der Waals surface area contributed by atoms with Crippen molar-refractivity contribution in [1.82, 2.24) is 9.78 Å². The zero-order chi connectivity index (χ0) is 17.4. The molecule has 0 spiro atoms. The monoisotopic (exact) mass is 325 g/mol. The van der Waals surface area contributed by atoms with E-state index in [0.29, 0.717) is 11.3 Å². The number of hydrogen-bond acceptors (Lipinski definition) is 5. The van der Waals surface area contributed by atoms with E-state index in [4.69, 9.17) is 5.26 Å². The van der Waals surface area contributed by atoms with Crippen molar-refractivity contribution in [3.8, 4) is 6.07 Å². The van der Waals surface area contributed by atoms with E-state index in [1.54, 1.807) is 12.1 Å². The fourth-order valence-electron chi connectivity index (χ4n) is 3.61. The minimum absolute atomic E-state index is 0.0138. The summed E-state index contributed by atoms with van der Waals surface area (Å²) in [4.78, 5) is 13.2. The third-order valence-electron chi connectivity index (χ3n) is 4.76. The van der Waals surface area contributed by atoms with Crippen LogP contribution in [0.1, 0.15) is 41.4 Å². The number of hydrogen-bond donors (Lipinski definition) is 0. The van der Waals surface area contributed by atoms with Crippen molar-refractivity contribution in [2.24, 2.45) is 7.05 Å². The number of nitro groups is 1. The van der Waals surface area contributed by atoms with Crippen molar-refractivity contribution < 1.29 is 4.92 Å². The Morgan fingerprint density at radius 1 is 1.42 bits per heavy atom. The van der Waals surface area contributed by atoms with E-state index < -0.39 is 4.92 Å². The van der Waals surface area contributed by atoms with E-state index in [2.05, 4.69) is 10.00 Å². The van der Waals surface area contributed by atoms with Crippen molar-refractivity contribution in [1.29, 1.82) is 5.26 Å². The van der Waals surface area contributed by atoms with Gasteiger partial charge in [0.05, 0.1) is 28.3 Å². The fourth-order valence-corrected chi connectivity index (χ4v) is 3.61. The smallest absolute Gasteiger partial charge is 0.293 e. The van der Waals surface area contributed by atoms with Crippen LogP contribution < -0.4 is 4.90 Å². The van der Waals surface area contributed by atoms with E-state index in [9.17, 15) is 10.1 Å². The van der Waals surface area contributed by atoms with Crippen LogP contribution >= 0.6 is 0 Å². The Labute approximate surface area is 140 Å². The van der Waals surface area contributed by atoms with Gasteiger partial charge in [0, 0.05) is 30.9 Å². The van der Waals surface area contributed by atoms with Crippen LogP contribution in [-0.2, 0) is 7.05 Å². The second-order valence-corrected chi connectivity index (χ2v) is 6.13. The van der Waals surface area contributed by atoms with E-state index >= 15 is 0 Å². The molecule has 2 aromatic rings. The van der Waals surface area contributed by atoms with Crippen molar-refractivity contribution in [2.75, 3.05) is 11.4 Å². The zero-order valence-electron chi connectivity index (χ0n) is 14.0. The van der Waals surface area contributed by atoms with Gasteiger partial charge in [-0.05, 0) is 38.8 Å². The summed E-state index contributed by atoms with van der Waals surface area (Å²) in [6, 6.07) is 6.73. The van der Waals surface area contributed by atoms with Gasteiger partial charge in [0.15, 0.2) is 0 Å². The van der Waals surface area contributed by atoms with Crippen LogP contribution in [0.15, 0.2) is 18.2 Å². The minimum atomic E-state index is -0.408. The van der Waals surface area contributed by atoms with Gasteiger partial charge in [-0.15, -0.1) is 0 Å². The molecule has 0 bridgehead atoms. The molecule has 0 saturated carbocycles. The summed E-state index contributed by atoms with van der Waals surface area (Å²) in [5, 5.41) is 25.0. The highest BCUT2D eigenvalue weighted by molar-refractivity contribution is 5.67. The normalized spacial score (nSPS) is 17.1. The Hall–Kier alpha value is -2.88. The average molecular weight is 325 g/mol. The summed E-state index contributed by atoms with van der Waals surface area (Å²) in [5.74, 6) is 0. The highest BCUT2D eigenvalue weighted by Crippen LogP contribution is 2.42. The van der Waals surface area contributed by atoms with E-state index in [1.165, 1.54) is 6.07 Å². The fraction of sp³-hybridized carbons (Fsp3) is 0.412. The van der Waals surface area contributed by atoms with Gasteiger partial charge in [-0.3, -0.25) is 14.8 Å². The SMILES string of the molecule is Cc1nn(C)c(C)c1C1CCCN1c1ccc(C#N)cc1[N+](=O)[O-]. The number of benzene rings is 1. The van der Waals surface area contributed by atoms with Gasteiger partial charge in [0.1, 0.15) is 5.69 Å². The molecule has 0 amide bonds. The van der Waals surface area contributed by atoms with Crippen molar-refractivity contribution >= 4 is 11.4 Å². The van der Waals surface area contributed by atoms with Crippen molar-refractivity contribution in [2.45, 2.75) is 32.7 Å². The average Bonchev–Trinajstić information content (AvgIpc) is 3.11. The van der Waals surface area contributed by atoms with Crippen LogP contribution in [0.5, 0.6) is 0 Å². The van der Waals surface area contributed by atoms with Crippen LogP contribution in [0.2, 0.25) is 0 Å². The lowest BCUT2D eigenvalue weighted by atomic mass is 10.0. The molecule has 2 heterocycles. The third kappa shape index (κ3) is 2.50. The minimum Gasteiger partial charge on any atom is -0.359 e. The number of aromatic nitrogens is 2. The van der Waals surface area contributed by atoms with Crippen molar-refractivity contribution in [3.05, 3.63) is 50.8 Å². The number of rotatable bonds is 3. The summed E-state index contributed by atoms with van der Waals surface area (Å²) in [7, 11) is 1.91. The zero-order valence-corrected chi connectivity index (χ0v) is 14.0. The van der Waals surface area contributed by atoms with Crippen LogP contribution in [-0.4, -0.2) is 21.2 Å². The quantitative estimate of drug-likeness (QED) is 0.639. The third-order valence-corrected chi connectivity index (χ3v) is 4.76. The van der Waals surface area contributed by atoms with Gasteiger partial charge in [0.2, 0.25) is 0 Å². The lowest BCUT2D eigenvalue weighted by Gasteiger charge is -2.27. The molecule has 1 atom stereocenters. The second-order valence-electron chi connectivity index (χ2n) is 6.13. The second kappa shape index (κ2) is 5.96. The van der Waals surface area contributed by atoms with Gasteiger partial charge >= 0.3 is 0 Å². The number of nitrogens with zero attached hydrogens (tertiary/aromatic N) is 5. The lowest BCUT2D eigenvalue weighted by molar-refractivity contribution is -0.384. The Kier molecular flexibility index (Phi) is 3.97. The van der Waals surface area contributed by atoms with Gasteiger partial charge < -0.3 is 4.90 Å². The number of aryl methyl sites for hydroxylation is 2. The molecule has 1 unspecified atom stereocenters. The first kappa shape index (κ1) is 16.0. The maximum Gasteiger partial charge on any atom is 0.293 e. The molecule has 0 N–H and O–H groups in total. The topological polar surface area (TPSA) is 88.0 Å². The molecule has 1 saturated heterocycles. The first-order valence-corrected chi connectivity index (χ1v) is 7.89. The molecule has 1 aliphatic heterocycles. The highest BCUT2D eigenvalue weighted by Gasteiger charge is 2.34. The Morgan fingerprint density at radius 3 is 2.75 bits per heavy atom. The number of nitriles is 1. The molecule has 3 rings (SSSR count). The summed E-state index contributed by atoms with van der Waals surface area (Å²) in [6.07, 6.45) is 1.90. The van der Waals surface area contributed by atoms with Gasteiger partial charge in [0.25, 0.3) is 5.69 Å². The van der Waals surface area contributed by atoms with Gasteiger partial charge in [-0.2, -0.15) is 10.4 Å². The summed E-state index contributed by atoms with van der Waals surface area (Å²) in [6.45, 7) is 4.76. The molecule has 1 aliphatic rings. The molecule has 7 nitrogen and oxygen atoms in total. The molecule has 24 heavy (non-hydrogen) atoms. The summed E-state index contributed by atoms with van der Waals surface area (Å²) < 4.78 is 1.86. The Morgan fingerprint density at radius 2 is 2.17 bits per heavy atom. The molecular formula is C17H19N5O2. The van der Waals surface area contributed by atoms with Gasteiger partial charge in [-0.1, -0.05) is 0 Å². The molecule has 1 aromatic heterocycles. The first-order valence-electron chi connectivity index (χ1n) is 7.89. The maximum atomic E-state index is 11.5. The maximum absolute atomic E-state index is 11.5. The van der Waals surface area contributed by atoms with Gasteiger partial charge in [-0.25, -0.2) is 0 Å². The Balaban J connectivity index is 2.09. The van der Waals surface area contributed by atoms with Crippen LogP contribution in [0, 0.1) is 35.3 Å². The molecule has 124 valence electrons. The van der Waals surface area contributed by atoms with E-state index in [1.807, 2.05) is 31.6 Å². The molecule has 7 heteroatoms. The first-order chi connectivity index (χ1) is 11.4. The number of anilines is 1.